The first-order valence-electron chi connectivity index (χ1n) is 9.90. The van der Waals surface area contributed by atoms with Gasteiger partial charge in [0.2, 0.25) is 0 Å². The van der Waals surface area contributed by atoms with E-state index in [2.05, 4.69) is 34.4 Å². The summed E-state index contributed by atoms with van der Waals surface area (Å²) in [5.74, 6) is 2.23. The Kier molecular flexibility index (Phi) is 14.0. The average Bonchev–Trinajstić information content (AvgIpc) is 2.71. The zero-order valence-corrected chi connectivity index (χ0v) is 21.3. The van der Waals surface area contributed by atoms with Crippen LogP contribution in [0, 0.1) is 0 Å². The van der Waals surface area contributed by atoms with E-state index in [9.17, 15) is 0 Å². The summed E-state index contributed by atoms with van der Waals surface area (Å²) in [6.45, 7) is 13.2. The van der Waals surface area contributed by atoms with Crippen LogP contribution in [0.3, 0.4) is 0 Å². The molecule has 0 spiro atoms. The van der Waals surface area contributed by atoms with Gasteiger partial charge in [-0.05, 0) is 44.6 Å². The van der Waals surface area contributed by atoms with Crippen LogP contribution in [0.1, 0.15) is 33.3 Å². The summed E-state index contributed by atoms with van der Waals surface area (Å²) in [7, 11) is 5.12. The molecule has 0 saturated heterocycles. The molecule has 1 aromatic carbocycles. The van der Waals surface area contributed by atoms with Gasteiger partial charge in [0.15, 0.2) is 17.5 Å². The Hall–Kier alpha value is -1.26. The van der Waals surface area contributed by atoms with Crippen LogP contribution in [0.5, 0.6) is 11.5 Å². The lowest BCUT2D eigenvalue weighted by atomic mass is 10.1. The van der Waals surface area contributed by atoms with Gasteiger partial charge < -0.3 is 29.7 Å². The van der Waals surface area contributed by atoms with Gasteiger partial charge in [0.05, 0.1) is 12.7 Å². The Balaban J connectivity index is 0.00000784. The molecule has 0 heterocycles. The molecule has 0 saturated carbocycles. The van der Waals surface area contributed by atoms with Crippen molar-refractivity contribution in [2.45, 2.75) is 39.8 Å². The van der Waals surface area contributed by atoms with Crippen LogP contribution in [0.2, 0.25) is 0 Å². The van der Waals surface area contributed by atoms with E-state index in [1.54, 1.807) is 21.3 Å². The third kappa shape index (κ3) is 10.4. The van der Waals surface area contributed by atoms with Gasteiger partial charge in [-0.15, -0.1) is 24.0 Å². The summed E-state index contributed by atoms with van der Waals surface area (Å²) in [6.07, 6.45) is 0. The normalized spacial score (nSPS) is 11.8. The van der Waals surface area contributed by atoms with Gasteiger partial charge in [-0.3, -0.25) is 4.99 Å². The van der Waals surface area contributed by atoms with Crippen LogP contribution in [0.4, 0.5) is 0 Å². The quantitative estimate of drug-likeness (QED) is 0.250. The predicted octanol–water partition coefficient (Wildman–Crippen LogP) is 3.12. The Morgan fingerprint density at radius 1 is 1.10 bits per heavy atom. The summed E-state index contributed by atoms with van der Waals surface area (Å²) < 4.78 is 16.8. The third-order valence-corrected chi connectivity index (χ3v) is 4.71. The van der Waals surface area contributed by atoms with E-state index < -0.39 is 0 Å². The van der Waals surface area contributed by atoms with Crippen molar-refractivity contribution in [2.75, 3.05) is 54.1 Å². The van der Waals surface area contributed by atoms with Crippen LogP contribution in [0.15, 0.2) is 23.2 Å². The van der Waals surface area contributed by atoms with Gasteiger partial charge in [-0.25, -0.2) is 0 Å². The number of hydrogen-bond acceptors (Lipinski definition) is 5. The zero-order chi connectivity index (χ0) is 21.0. The van der Waals surface area contributed by atoms with Gasteiger partial charge in [-0.2, -0.15) is 0 Å². The molecule has 8 heteroatoms. The first-order chi connectivity index (χ1) is 13.4. The SMILES string of the molecule is CCN(CC)CCOc1ccc(CNC(=NC)NCC(C)(C)OC)cc1OC.I. The highest BCUT2D eigenvalue weighted by Gasteiger charge is 2.16. The molecule has 0 bridgehead atoms. The Morgan fingerprint density at radius 2 is 1.79 bits per heavy atom. The fourth-order valence-corrected chi connectivity index (χ4v) is 2.54. The van der Waals surface area contributed by atoms with Crippen molar-refractivity contribution in [3.63, 3.8) is 0 Å². The molecule has 29 heavy (non-hydrogen) atoms. The number of benzene rings is 1. The van der Waals surface area contributed by atoms with E-state index in [4.69, 9.17) is 14.2 Å². The van der Waals surface area contributed by atoms with Crippen LogP contribution in [0.25, 0.3) is 0 Å². The van der Waals surface area contributed by atoms with Gasteiger partial charge >= 0.3 is 0 Å². The highest BCUT2D eigenvalue weighted by Crippen LogP contribution is 2.28. The number of guanidine groups is 1. The number of rotatable bonds is 12. The van der Waals surface area contributed by atoms with Crippen molar-refractivity contribution in [1.29, 1.82) is 0 Å². The fourth-order valence-electron chi connectivity index (χ4n) is 2.54. The molecule has 0 aliphatic heterocycles. The smallest absolute Gasteiger partial charge is 0.191 e. The van der Waals surface area contributed by atoms with Crippen molar-refractivity contribution in [3.8, 4) is 11.5 Å². The molecule has 0 aliphatic carbocycles. The van der Waals surface area contributed by atoms with Crippen molar-refractivity contribution < 1.29 is 14.2 Å². The molecule has 1 rings (SSSR count). The van der Waals surface area contributed by atoms with Crippen molar-refractivity contribution in [3.05, 3.63) is 23.8 Å². The van der Waals surface area contributed by atoms with Gasteiger partial charge in [0.1, 0.15) is 6.61 Å². The van der Waals surface area contributed by atoms with E-state index in [0.717, 1.165) is 42.7 Å². The minimum atomic E-state index is -0.259. The summed E-state index contributed by atoms with van der Waals surface area (Å²) in [5.41, 5.74) is 0.826. The average molecular weight is 522 g/mol. The van der Waals surface area contributed by atoms with Crippen molar-refractivity contribution in [1.82, 2.24) is 15.5 Å². The van der Waals surface area contributed by atoms with Crippen molar-refractivity contribution >= 4 is 29.9 Å². The highest BCUT2D eigenvalue weighted by atomic mass is 127. The van der Waals surface area contributed by atoms with Gasteiger partial charge in [0, 0.05) is 33.8 Å². The number of nitrogens with zero attached hydrogens (tertiary/aromatic N) is 2. The van der Waals surface area contributed by atoms with E-state index >= 15 is 0 Å². The highest BCUT2D eigenvalue weighted by molar-refractivity contribution is 14.0. The Morgan fingerprint density at radius 3 is 2.34 bits per heavy atom. The molecule has 0 aliphatic rings. The summed E-state index contributed by atoms with van der Waals surface area (Å²) in [5, 5.41) is 6.58. The molecule has 7 nitrogen and oxygen atoms in total. The van der Waals surface area contributed by atoms with E-state index in [-0.39, 0.29) is 29.6 Å². The molecular weight excluding hydrogens is 483 g/mol. The second-order valence-corrected chi connectivity index (χ2v) is 7.10. The molecule has 2 N–H and O–H groups in total. The summed E-state index contributed by atoms with van der Waals surface area (Å²) >= 11 is 0. The lowest BCUT2D eigenvalue weighted by Gasteiger charge is -2.24. The summed E-state index contributed by atoms with van der Waals surface area (Å²) in [6, 6.07) is 5.99. The van der Waals surface area contributed by atoms with E-state index in [1.807, 2.05) is 32.0 Å². The number of nitrogens with one attached hydrogen (secondary N) is 2. The molecule has 0 aromatic heterocycles. The predicted molar refractivity (Wildman–Crippen MR) is 131 cm³/mol. The van der Waals surface area contributed by atoms with Gasteiger partial charge in [0.25, 0.3) is 0 Å². The van der Waals surface area contributed by atoms with Crippen molar-refractivity contribution in [2.24, 2.45) is 4.99 Å². The first kappa shape index (κ1) is 27.7. The maximum Gasteiger partial charge on any atom is 0.191 e. The molecule has 0 atom stereocenters. The van der Waals surface area contributed by atoms with Crippen LogP contribution >= 0.6 is 24.0 Å². The molecular formula is C21H39IN4O3. The number of aliphatic imine (C=N–C) groups is 1. The Labute approximate surface area is 193 Å². The maximum absolute atomic E-state index is 5.92. The number of halogens is 1. The van der Waals surface area contributed by atoms with Crippen LogP contribution in [-0.4, -0.2) is 70.5 Å². The minimum Gasteiger partial charge on any atom is -0.493 e. The lowest BCUT2D eigenvalue weighted by Crippen LogP contribution is -2.45. The topological polar surface area (TPSA) is 67.4 Å². The minimum absolute atomic E-state index is 0. The number of likely N-dealkylation sites (N-methyl/N-ethyl adjacent to an activating group) is 1. The number of hydrogen-bond donors (Lipinski definition) is 2. The molecule has 0 unspecified atom stereocenters. The Bertz CT molecular complexity index is 608. The zero-order valence-electron chi connectivity index (χ0n) is 19.0. The number of methoxy groups -OCH3 is 2. The monoisotopic (exact) mass is 522 g/mol. The molecule has 0 radical (unpaired) electrons. The lowest BCUT2D eigenvalue weighted by molar-refractivity contribution is 0.0268. The van der Waals surface area contributed by atoms with Gasteiger partial charge in [-0.1, -0.05) is 19.9 Å². The second-order valence-electron chi connectivity index (χ2n) is 7.10. The fraction of sp³-hybridized carbons (Fsp3) is 0.667. The second kappa shape index (κ2) is 14.7. The number of ether oxygens (including phenoxy) is 3. The standard InChI is InChI=1S/C21H38N4O3.HI/c1-8-25(9-2)12-13-28-18-11-10-17(14-19(18)26-6)15-23-20(22-5)24-16-21(3,4)27-7;/h10-11,14H,8-9,12-13,15-16H2,1-7H3,(H2,22,23,24);1H. The molecule has 168 valence electrons. The summed E-state index contributed by atoms with van der Waals surface area (Å²) in [4.78, 5) is 6.58. The molecule has 0 amide bonds. The van der Waals surface area contributed by atoms with E-state index in [1.165, 1.54) is 0 Å². The maximum atomic E-state index is 5.92. The van der Waals surface area contributed by atoms with Crippen LogP contribution in [-0.2, 0) is 11.3 Å². The van der Waals surface area contributed by atoms with Crippen LogP contribution < -0.4 is 20.1 Å². The molecule has 1 aromatic rings. The van der Waals surface area contributed by atoms with E-state index in [0.29, 0.717) is 19.7 Å². The third-order valence-electron chi connectivity index (χ3n) is 4.71. The first-order valence-corrected chi connectivity index (χ1v) is 9.90. The largest absolute Gasteiger partial charge is 0.493 e. The molecule has 0 fully saturated rings.